The van der Waals surface area contributed by atoms with Crippen LogP contribution in [-0.4, -0.2) is 29.5 Å². The average molecular weight is 213 g/mol. The van der Waals surface area contributed by atoms with Gasteiger partial charge in [-0.1, -0.05) is 6.08 Å². The molecule has 0 rings (SSSR count). The molecule has 0 aromatic carbocycles. The van der Waals surface area contributed by atoms with Crippen LogP contribution in [0.5, 0.6) is 0 Å². The standard InChI is InChI=1S/C6H13BrOS/c1-3-5-9(2,7)6-4-8/h3,8H,1,4-6H2,2H3. The van der Waals surface area contributed by atoms with Gasteiger partial charge < -0.3 is 5.11 Å². The number of hydrogen-bond donors (Lipinski definition) is 1. The molecular weight excluding hydrogens is 200 g/mol. The van der Waals surface area contributed by atoms with Gasteiger partial charge in [0.1, 0.15) is 0 Å². The predicted molar refractivity (Wildman–Crippen MR) is 49.5 cm³/mol. The largest absolute Gasteiger partial charge is 0.396 e. The van der Waals surface area contributed by atoms with E-state index in [0.29, 0.717) is 0 Å². The maximum absolute atomic E-state index is 8.59. The Bertz CT molecular complexity index is 93.1. The highest BCUT2D eigenvalue weighted by atomic mass is 79.9. The number of aliphatic hydroxyl groups excluding tert-OH is 1. The molecule has 0 radical (unpaired) electrons. The van der Waals surface area contributed by atoms with Crippen LogP contribution >= 0.6 is 23.3 Å². The zero-order chi connectivity index (χ0) is 7.33. The van der Waals surface area contributed by atoms with Crippen molar-refractivity contribution in [2.75, 3.05) is 24.4 Å². The number of halogens is 1. The van der Waals surface area contributed by atoms with E-state index in [4.69, 9.17) is 5.11 Å². The second kappa shape index (κ2) is 4.36. The molecule has 56 valence electrons. The van der Waals surface area contributed by atoms with E-state index in [9.17, 15) is 0 Å². The lowest BCUT2D eigenvalue weighted by Gasteiger charge is -2.25. The Hall–Kier alpha value is 0.530. The Morgan fingerprint density at radius 2 is 2.33 bits per heavy atom. The molecule has 3 heteroatoms. The van der Waals surface area contributed by atoms with Crippen molar-refractivity contribution in [3.05, 3.63) is 12.7 Å². The third-order valence-electron chi connectivity index (χ3n) is 0.982. The first-order valence-corrected chi connectivity index (χ1v) is 6.99. The lowest BCUT2D eigenvalue weighted by atomic mass is 10.8. The quantitative estimate of drug-likeness (QED) is 0.707. The Kier molecular flexibility index (Phi) is 4.62. The van der Waals surface area contributed by atoms with Gasteiger partial charge in [-0.05, 0) is 21.1 Å². The second-order valence-corrected chi connectivity index (χ2v) is 9.78. The minimum Gasteiger partial charge on any atom is -0.396 e. The van der Waals surface area contributed by atoms with Crippen molar-refractivity contribution in [3.8, 4) is 0 Å². The summed E-state index contributed by atoms with van der Waals surface area (Å²) < 4.78 is 0. The Balaban J connectivity index is 3.55. The molecule has 9 heavy (non-hydrogen) atoms. The molecule has 0 aliphatic carbocycles. The zero-order valence-electron chi connectivity index (χ0n) is 5.64. The van der Waals surface area contributed by atoms with Crippen molar-refractivity contribution in [2.24, 2.45) is 0 Å². The lowest BCUT2D eigenvalue weighted by Crippen LogP contribution is -2.02. The van der Waals surface area contributed by atoms with Gasteiger partial charge in [0.05, 0.1) is 6.61 Å². The first-order chi connectivity index (χ1) is 4.12. The molecule has 0 aromatic rings. The summed E-state index contributed by atoms with van der Waals surface area (Å²) in [5.41, 5.74) is 0. The normalized spacial score (nSPS) is 20.3. The average Bonchev–Trinajstić information content (AvgIpc) is 1.64. The van der Waals surface area contributed by atoms with Gasteiger partial charge in [-0.3, -0.25) is 0 Å². The molecule has 1 N–H and O–H groups in total. The van der Waals surface area contributed by atoms with Crippen LogP contribution in [0.4, 0.5) is 0 Å². The number of hydrogen-bond acceptors (Lipinski definition) is 1. The van der Waals surface area contributed by atoms with Gasteiger partial charge in [-0.15, -0.1) is 6.58 Å². The molecule has 0 aliphatic heterocycles. The molecule has 1 unspecified atom stereocenters. The molecule has 0 heterocycles. The van der Waals surface area contributed by atoms with Crippen molar-refractivity contribution in [1.82, 2.24) is 0 Å². The van der Waals surface area contributed by atoms with Gasteiger partial charge in [0.15, 0.2) is 0 Å². The van der Waals surface area contributed by atoms with Gasteiger partial charge in [-0.2, -0.15) is 8.46 Å². The van der Waals surface area contributed by atoms with Crippen LogP contribution in [-0.2, 0) is 0 Å². The van der Waals surface area contributed by atoms with Crippen molar-refractivity contribution < 1.29 is 5.11 Å². The smallest absolute Gasteiger partial charge is 0.0514 e. The van der Waals surface area contributed by atoms with Crippen molar-refractivity contribution in [1.29, 1.82) is 0 Å². The van der Waals surface area contributed by atoms with E-state index in [1.165, 1.54) is 0 Å². The first-order valence-electron chi connectivity index (χ1n) is 2.77. The fourth-order valence-electron chi connectivity index (χ4n) is 0.519. The second-order valence-electron chi connectivity index (χ2n) is 2.04. The number of aliphatic hydroxyl groups is 1. The summed E-state index contributed by atoms with van der Waals surface area (Å²) in [7, 11) is -0.737. The molecule has 0 aromatic heterocycles. The van der Waals surface area contributed by atoms with Crippen LogP contribution in [0.3, 0.4) is 0 Å². The monoisotopic (exact) mass is 212 g/mol. The SMILES string of the molecule is C=CCS(C)(Br)CCO. The molecule has 0 saturated heterocycles. The first kappa shape index (κ1) is 9.53. The molecule has 0 aliphatic rings. The highest BCUT2D eigenvalue weighted by Crippen LogP contribution is 2.51. The summed E-state index contributed by atoms with van der Waals surface area (Å²) in [6, 6.07) is 0. The van der Waals surface area contributed by atoms with Gasteiger partial charge in [0.25, 0.3) is 0 Å². The van der Waals surface area contributed by atoms with Crippen LogP contribution in [0, 0.1) is 0 Å². The summed E-state index contributed by atoms with van der Waals surface area (Å²) in [5, 5.41) is 8.59. The lowest BCUT2D eigenvalue weighted by molar-refractivity contribution is 0.322. The van der Waals surface area contributed by atoms with E-state index in [0.717, 1.165) is 11.5 Å². The molecule has 1 nitrogen and oxygen atoms in total. The summed E-state index contributed by atoms with van der Waals surface area (Å²) >= 11 is 3.55. The van der Waals surface area contributed by atoms with Gasteiger partial charge >= 0.3 is 0 Å². The van der Waals surface area contributed by atoms with Crippen LogP contribution in [0.2, 0.25) is 0 Å². The molecule has 0 fully saturated rings. The van der Waals surface area contributed by atoms with Crippen LogP contribution in [0.1, 0.15) is 0 Å². The maximum atomic E-state index is 8.59. The summed E-state index contributed by atoms with van der Waals surface area (Å²) in [4.78, 5) is 0. The minimum atomic E-state index is -0.737. The fraction of sp³-hybridized carbons (Fsp3) is 0.667. The molecule has 0 saturated carbocycles. The van der Waals surface area contributed by atoms with Crippen LogP contribution in [0.25, 0.3) is 0 Å². The van der Waals surface area contributed by atoms with Crippen LogP contribution in [0.15, 0.2) is 12.7 Å². The molecular formula is C6H13BrOS. The number of rotatable bonds is 4. The van der Waals surface area contributed by atoms with Gasteiger partial charge in [0, 0.05) is 11.5 Å². The topological polar surface area (TPSA) is 20.2 Å². The summed E-state index contributed by atoms with van der Waals surface area (Å²) in [5.74, 6) is 1.84. The Morgan fingerprint density at radius 1 is 1.78 bits per heavy atom. The van der Waals surface area contributed by atoms with E-state index in [2.05, 4.69) is 27.6 Å². The third kappa shape index (κ3) is 5.00. The highest BCUT2D eigenvalue weighted by Gasteiger charge is 2.09. The molecule has 0 bridgehead atoms. The third-order valence-corrected chi connectivity index (χ3v) is 4.71. The fourth-order valence-corrected chi connectivity index (χ4v) is 2.55. The summed E-state index contributed by atoms with van der Waals surface area (Å²) in [6.07, 6.45) is 4.02. The van der Waals surface area contributed by atoms with E-state index < -0.39 is 8.46 Å². The molecule has 0 spiro atoms. The predicted octanol–water partition coefficient (Wildman–Crippen LogP) is 1.91. The minimum absolute atomic E-state index is 0.269. The Morgan fingerprint density at radius 3 is 2.67 bits per heavy atom. The van der Waals surface area contributed by atoms with Crippen molar-refractivity contribution in [2.45, 2.75) is 0 Å². The van der Waals surface area contributed by atoms with Gasteiger partial charge in [-0.25, -0.2) is 0 Å². The molecule has 0 amide bonds. The van der Waals surface area contributed by atoms with E-state index in [1.807, 2.05) is 6.08 Å². The van der Waals surface area contributed by atoms with Crippen molar-refractivity contribution in [3.63, 3.8) is 0 Å². The Labute approximate surface area is 65.7 Å². The summed E-state index contributed by atoms with van der Waals surface area (Å²) in [6.45, 7) is 3.91. The van der Waals surface area contributed by atoms with Crippen LogP contribution < -0.4 is 0 Å². The zero-order valence-corrected chi connectivity index (χ0v) is 8.04. The van der Waals surface area contributed by atoms with E-state index in [1.54, 1.807) is 0 Å². The van der Waals surface area contributed by atoms with E-state index in [-0.39, 0.29) is 6.61 Å². The van der Waals surface area contributed by atoms with E-state index >= 15 is 0 Å². The maximum Gasteiger partial charge on any atom is 0.0514 e. The van der Waals surface area contributed by atoms with Gasteiger partial charge in [0.2, 0.25) is 0 Å². The molecule has 1 atom stereocenters. The highest BCUT2D eigenvalue weighted by molar-refractivity contribution is 9.58. The van der Waals surface area contributed by atoms with Crippen molar-refractivity contribution >= 4 is 23.3 Å².